The molecule has 0 aliphatic heterocycles. The zero-order valence-electron chi connectivity index (χ0n) is 16.7. The van der Waals surface area contributed by atoms with Gasteiger partial charge in [0.1, 0.15) is 23.3 Å². The number of fused-ring (bicyclic) bond motifs is 3. The van der Waals surface area contributed by atoms with Crippen molar-refractivity contribution in [2.45, 2.75) is 6.10 Å². The number of benzene rings is 4. The lowest BCUT2D eigenvalue weighted by Crippen LogP contribution is -2.11. The Morgan fingerprint density at radius 2 is 1.31 bits per heavy atom. The summed E-state index contributed by atoms with van der Waals surface area (Å²) in [6, 6.07) is 25.6. The predicted octanol–water partition coefficient (Wildman–Crippen LogP) is 6.43. The SMILES string of the molecule is N#Cc1c(F)cc(-c2ccc(C(=O)OC3c4ccccc4-c4ccccc43)cc2)cc1F. The van der Waals surface area contributed by atoms with Gasteiger partial charge in [0.2, 0.25) is 0 Å². The fourth-order valence-corrected chi connectivity index (χ4v) is 4.06. The maximum atomic E-state index is 13.9. The van der Waals surface area contributed by atoms with Crippen LogP contribution in [-0.4, -0.2) is 5.97 Å². The zero-order chi connectivity index (χ0) is 22.2. The first-order valence-electron chi connectivity index (χ1n) is 9.95. The quantitative estimate of drug-likeness (QED) is 0.357. The average Bonchev–Trinajstić information content (AvgIpc) is 3.13. The monoisotopic (exact) mass is 423 g/mol. The fourth-order valence-electron chi connectivity index (χ4n) is 4.06. The third-order valence-electron chi connectivity index (χ3n) is 5.61. The van der Waals surface area contributed by atoms with Crippen molar-refractivity contribution in [3.63, 3.8) is 0 Å². The second kappa shape index (κ2) is 7.75. The van der Waals surface area contributed by atoms with E-state index in [0.29, 0.717) is 11.1 Å². The van der Waals surface area contributed by atoms with Crippen molar-refractivity contribution in [3.05, 3.63) is 119 Å². The van der Waals surface area contributed by atoms with E-state index < -0.39 is 29.3 Å². The lowest BCUT2D eigenvalue weighted by atomic mass is 10.0. The number of halogens is 2. The first-order chi connectivity index (χ1) is 15.6. The van der Waals surface area contributed by atoms with Crippen LogP contribution < -0.4 is 0 Å². The molecule has 3 nitrogen and oxygen atoms in total. The first kappa shape index (κ1) is 19.7. The minimum absolute atomic E-state index is 0.276. The number of ether oxygens (including phenoxy) is 1. The van der Waals surface area contributed by atoms with Crippen LogP contribution in [0.4, 0.5) is 8.78 Å². The molecular weight excluding hydrogens is 408 g/mol. The smallest absolute Gasteiger partial charge is 0.339 e. The van der Waals surface area contributed by atoms with Crippen LogP contribution in [-0.2, 0) is 4.74 Å². The standard InChI is InChI=1S/C27H15F2NO2/c28-24-13-18(14-25(29)23(24)15-30)16-9-11-17(12-10-16)27(31)32-26-21-7-3-1-5-19(21)20-6-2-4-8-22(20)26/h1-14,26H. The molecule has 0 fully saturated rings. The molecule has 0 saturated carbocycles. The molecule has 0 atom stereocenters. The summed E-state index contributed by atoms with van der Waals surface area (Å²) < 4.78 is 33.7. The Morgan fingerprint density at radius 3 is 1.84 bits per heavy atom. The third-order valence-corrected chi connectivity index (χ3v) is 5.61. The minimum Gasteiger partial charge on any atom is -0.449 e. The van der Waals surface area contributed by atoms with Crippen LogP contribution >= 0.6 is 0 Å². The van der Waals surface area contributed by atoms with Crippen LogP contribution in [0.2, 0.25) is 0 Å². The Balaban J connectivity index is 1.42. The highest BCUT2D eigenvalue weighted by atomic mass is 19.1. The molecule has 0 heterocycles. The molecule has 4 aromatic rings. The van der Waals surface area contributed by atoms with E-state index in [4.69, 9.17) is 10.00 Å². The van der Waals surface area contributed by atoms with Crippen LogP contribution in [0.25, 0.3) is 22.3 Å². The van der Waals surface area contributed by atoms with E-state index in [2.05, 4.69) is 0 Å². The highest BCUT2D eigenvalue weighted by Crippen LogP contribution is 2.45. The highest BCUT2D eigenvalue weighted by molar-refractivity contribution is 5.91. The van der Waals surface area contributed by atoms with Gasteiger partial charge < -0.3 is 4.74 Å². The molecule has 0 bridgehead atoms. The zero-order valence-corrected chi connectivity index (χ0v) is 16.7. The summed E-state index contributed by atoms with van der Waals surface area (Å²) in [5, 5.41) is 8.82. The second-order valence-electron chi connectivity index (χ2n) is 7.46. The number of carbonyl (C=O) groups is 1. The van der Waals surface area contributed by atoms with Crippen molar-refractivity contribution in [1.29, 1.82) is 5.26 Å². The van der Waals surface area contributed by atoms with E-state index >= 15 is 0 Å². The summed E-state index contributed by atoms with van der Waals surface area (Å²) in [4.78, 5) is 12.9. The highest BCUT2D eigenvalue weighted by Gasteiger charge is 2.31. The Bertz CT molecular complexity index is 1340. The van der Waals surface area contributed by atoms with Crippen LogP contribution in [0.3, 0.4) is 0 Å². The summed E-state index contributed by atoms with van der Waals surface area (Å²) in [5.41, 5.74) is 4.45. The van der Waals surface area contributed by atoms with Crippen molar-refractivity contribution in [1.82, 2.24) is 0 Å². The number of rotatable bonds is 3. The fraction of sp³-hybridized carbons (Fsp3) is 0.0370. The van der Waals surface area contributed by atoms with Crippen LogP contribution in [0.15, 0.2) is 84.9 Å². The Labute approximate surface area is 183 Å². The van der Waals surface area contributed by atoms with Crippen LogP contribution in [0.1, 0.15) is 33.2 Å². The molecule has 0 amide bonds. The molecule has 1 aliphatic carbocycles. The summed E-state index contributed by atoms with van der Waals surface area (Å²) in [7, 11) is 0. The Morgan fingerprint density at radius 1 is 0.781 bits per heavy atom. The number of nitriles is 1. The molecule has 0 radical (unpaired) electrons. The molecule has 4 aromatic carbocycles. The normalized spacial score (nSPS) is 12.0. The van der Waals surface area contributed by atoms with Gasteiger partial charge in [0.15, 0.2) is 6.10 Å². The molecule has 5 heteroatoms. The van der Waals surface area contributed by atoms with Crippen LogP contribution in [0, 0.1) is 23.0 Å². The van der Waals surface area contributed by atoms with E-state index in [1.807, 2.05) is 48.5 Å². The predicted molar refractivity (Wildman–Crippen MR) is 116 cm³/mol. The summed E-state index contributed by atoms with van der Waals surface area (Å²) >= 11 is 0. The molecule has 154 valence electrons. The van der Waals surface area contributed by atoms with Gasteiger partial charge in [-0.1, -0.05) is 60.7 Å². The maximum absolute atomic E-state index is 13.9. The van der Waals surface area contributed by atoms with Gasteiger partial charge in [0.25, 0.3) is 0 Å². The van der Waals surface area contributed by atoms with Crippen molar-refractivity contribution in [3.8, 4) is 28.3 Å². The third kappa shape index (κ3) is 3.23. The van der Waals surface area contributed by atoms with Gasteiger partial charge in [0.05, 0.1) is 5.56 Å². The van der Waals surface area contributed by atoms with Gasteiger partial charge in [0, 0.05) is 11.1 Å². The Kier molecular flexibility index (Phi) is 4.76. The number of esters is 1. The van der Waals surface area contributed by atoms with Crippen molar-refractivity contribution in [2.75, 3.05) is 0 Å². The first-order valence-corrected chi connectivity index (χ1v) is 9.95. The topological polar surface area (TPSA) is 50.1 Å². The summed E-state index contributed by atoms with van der Waals surface area (Å²) in [6.07, 6.45) is -0.503. The summed E-state index contributed by atoms with van der Waals surface area (Å²) in [5.74, 6) is -2.35. The van der Waals surface area contributed by atoms with Gasteiger partial charge in [-0.05, 0) is 46.5 Å². The molecule has 0 unspecified atom stereocenters. The molecule has 0 aromatic heterocycles. The molecule has 1 aliphatic rings. The molecule has 5 rings (SSSR count). The van der Waals surface area contributed by atoms with Crippen molar-refractivity contribution < 1.29 is 18.3 Å². The Hall–Kier alpha value is -4.30. The van der Waals surface area contributed by atoms with Gasteiger partial charge in [-0.3, -0.25) is 0 Å². The minimum atomic E-state index is -0.926. The summed E-state index contributed by atoms with van der Waals surface area (Å²) in [6.45, 7) is 0. The van der Waals surface area contributed by atoms with E-state index in [1.54, 1.807) is 24.3 Å². The number of carbonyl (C=O) groups excluding carboxylic acids is 1. The molecule has 32 heavy (non-hydrogen) atoms. The molecular formula is C27H15F2NO2. The second-order valence-corrected chi connectivity index (χ2v) is 7.46. The van der Waals surface area contributed by atoms with Gasteiger partial charge in [-0.2, -0.15) is 5.26 Å². The number of nitrogens with zero attached hydrogens (tertiary/aromatic N) is 1. The lowest BCUT2D eigenvalue weighted by Gasteiger charge is -2.15. The number of hydrogen-bond donors (Lipinski definition) is 0. The van der Waals surface area contributed by atoms with Gasteiger partial charge in [-0.25, -0.2) is 13.6 Å². The number of hydrogen-bond acceptors (Lipinski definition) is 3. The molecule has 0 N–H and O–H groups in total. The van der Waals surface area contributed by atoms with E-state index in [0.717, 1.165) is 34.4 Å². The van der Waals surface area contributed by atoms with E-state index in [1.165, 1.54) is 6.07 Å². The van der Waals surface area contributed by atoms with Crippen molar-refractivity contribution in [2.24, 2.45) is 0 Å². The molecule has 0 spiro atoms. The van der Waals surface area contributed by atoms with E-state index in [9.17, 15) is 13.6 Å². The van der Waals surface area contributed by atoms with Crippen LogP contribution in [0.5, 0.6) is 0 Å². The van der Waals surface area contributed by atoms with E-state index in [-0.39, 0.29) is 5.56 Å². The average molecular weight is 423 g/mol. The lowest BCUT2D eigenvalue weighted by molar-refractivity contribution is 0.0386. The maximum Gasteiger partial charge on any atom is 0.339 e. The van der Waals surface area contributed by atoms with Crippen molar-refractivity contribution >= 4 is 5.97 Å². The largest absolute Gasteiger partial charge is 0.449 e. The van der Waals surface area contributed by atoms with Gasteiger partial charge >= 0.3 is 5.97 Å². The molecule has 0 saturated heterocycles. The van der Waals surface area contributed by atoms with Gasteiger partial charge in [-0.15, -0.1) is 0 Å².